The number of fused-ring (bicyclic) bond motifs is 5. The maximum atomic E-state index is 6.09. The smallest absolute Gasteiger partial charge is 0.223 e. The third kappa shape index (κ3) is 3.33. The molecule has 7 heteroatoms. The molecule has 3 atom stereocenters. The van der Waals surface area contributed by atoms with Crippen LogP contribution < -0.4 is 20.7 Å². The van der Waals surface area contributed by atoms with Crippen molar-refractivity contribution in [1.29, 1.82) is 0 Å². The lowest BCUT2D eigenvalue weighted by Crippen LogP contribution is -2.36. The van der Waals surface area contributed by atoms with Gasteiger partial charge in [0.15, 0.2) is 0 Å². The topological polar surface area (TPSA) is 81.2 Å². The van der Waals surface area contributed by atoms with Crippen molar-refractivity contribution in [3.8, 4) is 22.7 Å². The van der Waals surface area contributed by atoms with E-state index in [0.717, 1.165) is 28.5 Å². The molecule has 2 fully saturated rings. The van der Waals surface area contributed by atoms with E-state index in [4.69, 9.17) is 15.5 Å². The number of anilines is 2. The monoisotopic (exact) mass is 416 g/mol. The van der Waals surface area contributed by atoms with Gasteiger partial charge in [0.05, 0.1) is 23.8 Å². The number of benzene rings is 1. The number of rotatable bonds is 3. The van der Waals surface area contributed by atoms with Crippen molar-refractivity contribution >= 4 is 11.5 Å². The Kier molecular flexibility index (Phi) is 4.38. The highest BCUT2D eigenvalue weighted by Crippen LogP contribution is 2.39. The third-order valence-electron chi connectivity index (χ3n) is 7.11. The van der Waals surface area contributed by atoms with E-state index in [0.29, 0.717) is 30.4 Å². The van der Waals surface area contributed by atoms with Crippen LogP contribution in [0.5, 0.6) is 5.88 Å². The van der Waals surface area contributed by atoms with Gasteiger partial charge in [-0.15, -0.1) is 0 Å². The van der Waals surface area contributed by atoms with Crippen LogP contribution in [0.2, 0.25) is 0 Å². The number of nitrogens with zero attached hydrogens (tertiary/aromatic N) is 4. The fourth-order valence-corrected chi connectivity index (χ4v) is 5.37. The molecule has 0 radical (unpaired) electrons. The van der Waals surface area contributed by atoms with E-state index in [2.05, 4.69) is 52.7 Å². The van der Waals surface area contributed by atoms with E-state index in [-0.39, 0.29) is 0 Å². The van der Waals surface area contributed by atoms with Crippen LogP contribution in [0, 0.1) is 0 Å². The minimum atomic E-state index is 0.504. The normalized spacial score (nSPS) is 24.1. The van der Waals surface area contributed by atoms with Crippen molar-refractivity contribution in [2.24, 2.45) is 0 Å². The van der Waals surface area contributed by atoms with Crippen LogP contribution in [0.25, 0.3) is 16.8 Å². The van der Waals surface area contributed by atoms with Crippen molar-refractivity contribution in [2.75, 3.05) is 17.7 Å². The number of ether oxygens (including phenoxy) is 1. The molecule has 5 heterocycles. The van der Waals surface area contributed by atoms with Gasteiger partial charge in [-0.2, -0.15) is 10.1 Å². The Morgan fingerprint density at radius 3 is 2.81 bits per heavy atom. The Morgan fingerprint density at radius 2 is 1.94 bits per heavy atom. The molecule has 0 saturated carbocycles. The lowest BCUT2D eigenvalue weighted by molar-refractivity contribution is 0.290. The number of nitrogen functional groups attached to an aromatic ring is 1. The lowest BCUT2D eigenvalue weighted by atomic mass is 9.95. The van der Waals surface area contributed by atoms with Crippen LogP contribution in [0.3, 0.4) is 0 Å². The van der Waals surface area contributed by atoms with Crippen LogP contribution in [0.4, 0.5) is 11.5 Å². The Bertz CT molecular complexity index is 1130. The van der Waals surface area contributed by atoms with Crippen LogP contribution in [-0.2, 0) is 6.61 Å². The highest BCUT2D eigenvalue weighted by Gasteiger charge is 2.32. The first-order valence-electron chi connectivity index (χ1n) is 11.2. The zero-order chi connectivity index (χ0) is 20.9. The first-order chi connectivity index (χ1) is 15.1. The Balaban J connectivity index is 1.27. The molecular formula is C24H28N6O. The van der Waals surface area contributed by atoms with Gasteiger partial charge in [-0.3, -0.25) is 0 Å². The summed E-state index contributed by atoms with van der Waals surface area (Å²) in [6.07, 6.45) is 9.77. The zero-order valence-electron chi connectivity index (χ0n) is 17.8. The summed E-state index contributed by atoms with van der Waals surface area (Å²) in [6, 6.07) is 12.5. The van der Waals surface area contributed by atoms with E-state index in [1.54, 1.807) is 10.9 Å². The number of aromatic nitrogens is 3. The van der Waals surface area contributed by atoms with Gasteiger partial charge in [-0.05, 0) is 67.5 Å². The summed E-state index contributed by atoms with van der Waals surface area (Å²) in [6.45, 7) is 0.504. The van der Waals surface area contributed by atoms with Crippen molar-refractivity contribution < 1.29 is 4.74 Å². The molecule has 31 heavy (non-hydrogen) atoms. The van der Waals surface area contributed by atoms with Gasteiger partial charge in [-0.25, -0.2) is 4.68 Å². The summed E-state index contributed by atoms with van der Waals surface area (Å²) in [7, 11) is 2.18. The van der Waals surface area contributed by atoms with Crippen LogP contribution >= 0.6 is 0 Å². The van der Waals surface area contributed by atoms with Gasteiger partial charge in [0.1, 0.15) is 12.4 Å². The van der Waals surface area contributed by atoms with Crippen molar-refractivity contribution in [3.05, 3.63) is 48.3 Å². The molecule has 3 aliphatic heterocycles. The first-order valence-corrected chi connectivity index (χ1v) is 11.2. The highest BCUT2D eigenvalue weighted by atomic mass is 16.5. The summed E-state index contributed by atoms with van der Waals surface area (Å²) in [5.41, 5.74) is 10.8. The predicted molar refractivity (Wildman–Crippen MR) is 122 cm³/mol. The van der Waals surface area contributed by atoms with Gasteiger partial charge in [0.25, 0.3) is 0 Å². The molecule has 3 aromatic rings. The lowest BCUT2D eigenvalue weighted by Gasteiger charge is -2.31. The van der Waals surface area contributed by atoms with E-state index in [1.807, 2.05) is 6.20 Å². The van der Waals surface area contributed by atoms with Crippen LogP contribution in [0.15, 0.2) is 42.7 Å². The molecule has 2 aromatic heterocycles. The summed E-state index contributed by atoms with van der Waals surface area (Å²) >= 11 is 0. The molecule has 160 valence electrons. The van der Waals surface area contributed by atoms with Gasteiger partial charge in [0.2, 0.25) is 5.88 Å². The molecule has 3 N–H and O–H groups in total. The Labute approximate surface area is 182 Å². The molecular weight excluding hydrogens is 388 g/mol. The predicted octanol–water partition coefficient (Wildman–Crippen LogP) is 3.52. The van der Waals surface area contributed by atoms with E-state index in [9.17, 15) is 0 Å². The second kappa shape index (κ2) is 7.27. The minimum absolute atomic E-state index is 0.504. The molecule has 6 rings (SSSR count). The second-order valence-electron chi connectivity index (χ2n) is 9.09. The summed E-state index contributed by atoms with van der Waals surface area (Å²) in [4.78, 5) is 7.27. The molecule has 0 amide bonds. The number of nitrogens with two attached hydrogens (primary N) is 1. The third-order valence-corrected chi connectivity index (χ3v) is 7.11. The van der Waals surface area contributed by atoms with E-state index >= 15 is 0 Å². The van der Waals surface area contributed by atoms with Crippen LogP contribution in [0.1, 0.15) is 37.7 Å². The van der Waals surface area contributed by atoms with Crippen LogP contribution in [-0.4, -0.2) is 39.9 Å². The minimum Gasteiger partial charge on any atom is -0.472 e. The average Bonchev–Trinajstić information content (AvgIpc) is 3.37. The Hall–Kier alpha value is -3.06. The SMILES string of the molecule is CN(c1ccc2c(n1)OCc1cc(-n3cc(N)cn3)ccc1-2)C1CCC2CCC(C1)N2. The van der Waals surface area contributed by atoms with E-state index in [1.165, 1.54) is 37.7 Å². The number of pyridine rings is 1. The quantitative estimate of drug-likeness (QED) is 0.680. The molecule has 0 aliphatic carbocycles. The fraction of sp³-hybridized carbons (Fsp3) is 0.417. The van der Waals surface area contributed by atoms with Gasteiger partial charge < -0.3 is 20.7 Å². The molecule has 7 nitrogen and oxygen atoms in total. The fourth-order valence-electron chi connectivity index (χ4n) is 5.37. The Morgan fingerprint density at radius 1 is 1.10 bits per heavy atom. The van der Waals surface area contributed by atoms with Gasteiger partial charge >= 0.3 is 0 Å². The molecule has 1 aromatic carbocycles. The summed E-state index contributed by atoms with van der Waals surface area (Å²) < 4.78 is 7.88. The van der Waals surface area contributed by atoms with Gasteiger partial charge in [-0.1, -0.05) is 6.07 Å². The molecule has 2 saturated heterocycles. The number of nitrogens with one attached hydrogen (secondary N) is 1. The standard InChI is InChI=1S/C24H28N6O/c1-29(19-5-4-17-2-3-18(11-19)27-17)23-9-8-22-21-7-6-20(30-13-16(25)12-26-30)10-15(21)14-31-24(22)28-23/h6-10,12-13,17-19,27H,2-5,11,14,25H2,1H3. The van der Waals surface area contributed by atoms with Gasteiger partial charge in [0, 0.05) is 30.7 Å². The van der Waals surface area contributed by atoms with E-state index < -0.39 is 0 Å². The summed E-state index contributed by atoms with van der Waals surface area (Å²) in [5, 5.41) is 8.09. The molecule has 2 bridgehead atoms. The molecule has 3 aliphatic rings. The molecule has 3 unspecified atom stereocenters. The number of hydrogen-bond donors (Lipinski definition) is 2. The summed E-state index contributed by atoms with van der Waals surface area (Å²) in [5.74, 6) is 1.72. The largest absolute Gasteiger partial charge is 0.472 e. The number of hydrogen-bond acceptors (Lipinski definition) is 6. The highest BCUT2D eigenvalue weighted by molar-refractivity contribution is 5.75. The average molecular weight is 417 g/mol. The van der Waals surface area contributed by atoms with Crippen molar-refractivity contribution in [1.82, 2.24) is 20.1 Å². The first kappa shape index (κ1) is 18.7. The maximum absolute atomic E-state index is 6.09. The zero-order valence-corrected chi connectivity index (χ0v) is 17.8. The van der Waals surface area contributed by atoms with Crippen molar-refractivity contribution in [2.45, 2.75) is 56.8 Å². The van der Waals surface area contributed by atoms with Crippen molar-refractivity contribution in [3.63, 3.8) is 0 Å². The second-order valence-corrected chi connectivity index (χ2v) is 9.09. The molecule has 0 spiro atoms. The maximum Gasteiger partial charge on any atom is 0.223 e.